The molecule has 0 fully saturated rings. The Morgan fingerprint density at radius 3 is 2.53 bits per heavy atom. The number of aliphatic hydroxyl groups excluding tert-OH is 1. The molecule has 0 amide bonds. The van der Waals surface area contributed by atoms with E-state index in [1.807, 2.05) is 32.0 Å². The van der Waals surface area contributed by atoms with Crippen molar-refractivity contribution in [3.8, 4) is 5.75 Å². The minimum Gasteiger partial charge on any atom is -0.491 e. The molecule has 0 aliphatic rings. The molecule has 0 bridgehead atoms. The summed E-state index contributed by atoms with van der Waals surface area (Å²) < 4.78 is 5.76. The molecule has 1 atom stereocenters. The highest BCUT2D eigenvalue weighted by molar-refractivity contribution is 5.33. The zero-order valence-corrected chi connectivity index (χ0v) is 11.1. The number of hydrogen-bond donors (Lipinski definition) is 1. The fourth-order valence-corrected chi connectivity index (χ4v) is 1.88. The van der Waals surface area contributed by atoms with Crippen LogP contribution < -0.4 is 4.74 Å². The van der Waals surface area contributed by atoms with Gasteiger partial charge in [-0.05, 0) is 44.7 Å². The second kappa shape index (κ2) is 7.33. The van der Waals surface area contributed by atoms with Crippen LogP contribution in [-0.2, 0) is 6.42 Å². The van der Waals surface area contributed by atoms with E-state index < -0.39 is 0 Å². The molecule has 0 saturated heterocycles. The van der Waals surface area contributed by atoms with Crippen LogP contribution in [-0.4, -0.2) is 17.3 Å². The highest BCUT2D eigenvalue weighted by atomic mass is 16.5. The van der Waals surface area contributed by atoms with Gasteiger partial charge in [0.05, 0.1) is 12.2 Å². The highest BCUT2D eigenvalue weighted by Crippen LogP contribution is 2.21. The number of aryl methyl sites for hydroxylation is 1. The van der Waals surface area contributed by atoms with Crippen molar-refractivity contribution in [3.05, 3.63) is 29.8 Å². The van der Waals surface area contributed by atoms with Crippen LogP contribution in [0.25, 0.3) is 0 Å². The SMILES string of the molecule is CCCC(O)CCc1ccccc1OC(C)C. The molecule has 0 heterocycles. The van der Waals surface area contributed by atoms with E-state index in [1.54, 1.807) is 0 Å². The zero-order valence-electron chi connectivity index (χ0n) is 11.1. The van der Waals surface area contributed by atoms with E-state index in [-0.39, 0.29) is 12.2 Å². The maximum atomic E-state index is 9.74. The van der Waals surface area contributed by atoms with Gasteiger partial charge in [-0.15, -0.1) is 0 Å². The number of ether oxygens (including phenoxy) is 1. The van der Waals surface area contributed by atoms with E-state index >= 15 is 0 Å². The summed E-state index contributed by atoms with van der Waals surface area (Å²) in [5.74, 6) is 0.950. The fraction of sp³-hybridized carbons (Fsp3) is 0.600. The summed E-state index contributed by atoms with van der Waals surface area (Å²) in [7, 11) is 0. The summed E-state index contributed by atoms with van der Waals surface area (Å²) in [6, 6.07) is 8.09. The molecule has 0 radical (unpaired) electrons. The Hall–Kier alpha value is -1.02. The van der Waals surface area contributed by atoms with E-state index in [0.29, 0.717) is 0 Å². The van der Waals surface area contributed by atoms with Gasteiger partial charge in [-0.3, -0.25) is 0 Å². The molecule has 1 aromatic rings. The van der Waals surface area contributed by atoms with Crippen LogP contribution in [0.3, 0.4) is 0 Å². The zero-order chi connectivity index (χ0) is 12.7. The average Bonchev–Trinajstić information content (AvgIpc) is 2.27. The number of hydrogen-bond acceptors (Lipinski definition) is 2. The van der Waals surface area contributed by atoms with Crippen LogP contribution in [0, 0.1) is 0 Å². The molecule has 1 aromatic carbocycles. The van der Waals surface area contributed by atoms with Gasteiger partial charge in [-0.25, -0.2) is 0 Å². The normalized spacial score (nSPS) is 12.8. The van der Waals surface area contributed by atoms with E-state index in [1.165, 1.54) is 5.56 Å². The maximum absolute atomic E-state index is 9.74. The van der Waals surface area contributed by atoms with Gasteiger partial charge < -0.3 is 9.84 Å². The van der Waals surface area contributed by atoms with Gasteiger partial charge in [0.1, 0.15) is 5.75 Å². The lowest BCUT2D eigenvalue weighted by Crippen LogP contribution is -2.10. The van der Waals surface area contributed by atoms with Crippen molar-refractivity contribution in [2.45, 2.75) is 58.7 Å². The van der Waals surface area contributed by atoms with Gasteiger partial charge in [0.2, 0.25) is 0 Å². The van der Waals surface area contributed by atoms with Gasteiger partial charge >= 0.3 is 0 Å². The van der Waals surface area contributed by atoms with Crippen LogP contribution in [0.1, 0.15) is 45.6 Å². The number of benzene rings is 1. The topological polar surface area (TPSA) is 29.5 Å². The first kappa shape index (κ1) is 14.0. The summed E-state index contributed by atoms with van der Waals surface area (Å²) in [4.78, 5) is 0. The molecule has 0 aromatic heterocycles. The van der Waals surface area contributed by atoms with Crippen molar-refractivity contribution < 1.29 is 9.84 Å². The van der Waals surface area contributed by atoms with Crippen LogP contribution in [0.2, 0.25) is 0 Å². The van der Waals surface area contributed by atoms with Crippen molar-refractivity contribution in [2.75, 3.05) is 0 Å². The second-order valence-corrected chi connectivity index (χ2v) is 4.76. The van der Waals surface area contributed by atoms with Gasteiger partial charge in [-0.2, -0.15) is 0 Å². The lowest BCUT2D eigenvalue weighted by atomic mass is 10.0. The lowest BCUT2D eigenvalue weighted by molar-refractivity contribution is 0.153. The van der Waals surface area contributed by atoms with Gasteiger partial charge in [0.25, 0.3) is 0 Å². The molecule has 96 valence electrons. The highest BCUT2D eigenvalue weighted by Gasteiger charge is 2.08. The predicted octanol–water partition coefficient (Wildman–Crippen LogP) is 3.57. The Morgan fingerprint density at radius 1 is 1.18 bits per heavy atom. The molecule has 2 nitrogen and oxygen atoms in total. The third-order valence-corrected chi connectivity index (χ3v) is 2.70. The first-order valence-corrected chi connectivity index (χ1v) is 6.56. The molecular weight excluding hydrogens is 212 g/mol. The minimum absolute atomic E-state index is 0.188. The average molecular weight is 236 g/mol. The Morgan fingerprint density at radius 2 is 1.88 bits per heavy atom. The van der Waals surface area contributed by atoms with E-state index in [4.69, 9.17) is 4.74 Å². The standard InChI is InChI=1S/C15H24O2/c1-4-7-14(16)11-10-13-8-5-6-9-15(13)17-12(2)3/h5-6,8-9,12,14,16H,4,7,10-11H2,1-3H3. The fourth-order valence-electron chi connectivity index (χ4n) is 1.88. The van der Waals surface area contributed by atoms with Crippen LogP contribution in [0.4, 0.5) is 0 Å². The van der Waals surface area contributed by atoms with Gasteiger partial charge in [0.15, 0.2) is 0 Å². The maximum Gasteiger partial charge on any atom is 0.122 e. The summed E-state index contributed by atoms with van der Waals surface area (Å²) in [6.45, 7) is 6.16. The molecule has 0 saturated carbocycles. The van der Waals surface area contributed by atoms with E-state index in [9.17, 15) is 5.11 Å². The quantitative estimate of drug-likeness (QED) is 0.784. The van der Waals surface area contributed by atoms with Crippen LogP contribution in [0.15, 0.2) is 24.3 Å². The Kier molecular flexibility index (Phi) is 6.06. The molecule has 1 rings (SSSR count). The molecule has 0 spiro atoms. The molecule has 17 heavy (non-hydrogen) atoms. The number of rotatable bonds is 7. The number of aliphatic hydroxyl groups is 1. The third kappa shape index (κ3) is 5.22. The first-order chi connectivity index (χ1) is 8.13. The van der Waals surface area contributed by atoms with Gasteiger partial charge in [0, 0.05) is 0 Å². The lowest BCUT2D eigenvalue weighted by Gasteiger charge is -2.15. The molecule has 0 aliphatic carbocycles. The molecule has 2 heteroatoms. The van der Waals surface area contributed by atoms with Crippen molar-refractivity contribution in [2.24, 2.45) is 0 Å². The number of para-hydroxylation sites is 1. The van der Waals surface area contributed by atoms with Crippen molar-refractivity contribution >= 4 is 0 Å². The van der Waals surface area contributed by atoms with Gasteiger partial charge in [-0.1, -0.05) is 31.5 Å². The summed E-state index contributed by atoms with van der Waals surface area (Å²) >= 11 is 0. The van der Waals surface area contributed by atoms with E-state index in [2.05, 4.69) is 13.0 Å². The monoisotopic (exact) mass is 236 g/mol. The summed E-state index contributed by atoms with van der Waals surface area (Å²) in [6.07, 6.45) is 3.61. The Balaban J connectivity index is 2.57. The Bertz CT molecular complexity index is 320. The van der Waals surface area contributed by atoms with Crippen LogP contribution in [0.5, 0.6) is 5.75 Å². The van der Waals surface area contributed by atoms with Crippen molar-refractivity contribution in [1.29, 1.82) is 0 Å². The van der Waals surface area contributed by atoms with E-state index in [0.717, 1.165) is 31.4 Å². The summed E-state index contributed by atoms with van der Waals surface area (Å²) in [5, 5.41) is 9.74. The smallest absolute Gasteiger partial charge is 0.122 e. The third-order valence-electron chi connectivity index (χ3n) is 2.70. The predicted molar refractivity (Wildman–Crippen MR) is 71.4 cm³/mol. The first-order valence-electron chi connectivity index (χ1n) is 6.56. The minimum atomic E-state index is -0.188. The largest absolute Gasteiger partial charge is 0.491 e. The molecule has 0 aliphatic heterocycles. The van der Waals surface area contributed by atoms with Crippen molar-refractivity contribution in [3.63, 3.8) is 0 Å². The molecule has 1 unspecified atom stereocenters. The Labute approximate surface area is 105 Å². The van der Waals surface area contributed by atoms with Crippen LogP contribution >= 0.6 is 0 Å². The van der Waals surface area contributed by atoms with Crippen molar-refractivity contribution in [1.82, 2.24) is 0 Å². The molecule has 1 N–H and O–H groups in total. The second-order valence-electron chi connectivity index (χ2n) is 4.76. The molecular formula is C15H24O2. The summed E-state index contributed by atoms with van der Waals surface area (Å²) in [5.41, 5.74) is 1.19.